The fourth-order valence-electron chi connectivity index (χ4n) is 12.2. The normalized spacial score (nSPS) is 14.0. The molecule has 0 saturated carbocycles. The van der Waals surface area contributed by atoms with Crippen LogP contribution in [0.3, 0.4) is 0 Å². The van der Waals surface area contributed by atoms with E-state index in [-0.39, 0.29) is 25.7 Å². The van der Waals surface area contributed by atoms with E-state index in [1.54, 1.807) is 0 Å². The van der Waals surface area contributed by atoms with Gasteiger partial charge >= 0.3 is 39.5 Å². The summed E-state index contributed by atoms with van der Waals surface area (Å²) in [5.41, 5.74) is 0. The number of esters is 4. The van der Waals surface area contributed by atoms with E-state index in [1.165, 1.54) is 225 Å². The summed E-state index contributed by atoms with van der Waals surface area (Å²) in [7, 11) is -9.93. The topological polar surface area (TPSA) is 237 Å². The van der Waals surface area contributed by atoms with Crippen LogP contribution in [0.25, 0.3) is 0 Å². The zero-order valence-electron chi connectivity index (χ0n) is 65.5. The van der Waals surface area contributed by atoms with E-state index in [0.717, 1.165) is 109 Å². The molecule has 0 aliphatic heterocycles. The zero-order valence-corrected chi connectivity index (χ0v) is 67.3. The molecule has 17 nitrogen and oxygen atoms in total. The molecule has 0 aromatic heterocycles. The Morgan fingerprint density at radius 1 is 0.307 bits per heavy atom. The first-order valence-electron chi connectivity index (χ1n) is 42.0. The van der Waals surface area contributed by atoms with Crippen molar-refractivity contribution < 1.29 is 80.2 Å². The first-order chi connectivity index (χ1) is 49.0. The van der Waals surface area contributed by atoms with Gasteiger partial charge in [-0.15, -0.1) is 0 Å². The number of phosphoric acid groups is 2. The number of phosphoric ester groups is 2. The molecule has 0 aliphatic carbocycles. The Morgan fingerprint density at radius 3 is 0.812 bits per heavy atom. The highest BCUT2D eigenvalue weighted by atomic mass is 31.2. The molecule has 19 heteroatoms. The van der Waals surface area contributed by atoms with Gasteiger partial charge in [-0.3, -0.25) is 37.3 Å². The van der Waals surface area contributed by atoms with Crippen LogP contribution in [0, 0.1) is 5.92 Å². The smallest absolute Gasteiger partial charge is 0.462 e. The average Bonchev–Trinajstić information content (AvgIpc) is 0.932. The molecule has 0 amide bonds. The number of carbonyl (C=O) groups excluding carboxylic acids is 4. The molecule has 101 heavy (non-hydrogen) atoms. The Labute approximate surface area is 618 Å². The lowest BCUT2D eigenvalue weighted by atomic mass is 10.0. The Morgan fingerprint density at radius 2 is 0.535 bits per heavy atom. The van der Waals surface area contributed by atoms with Crippen LogP contribution in [0.1, 0.15) is 413 Å². The second-order valence-corrected chi connectivity index (χ2v) is 32.2. The molecule has 0 aromatic carbocycles. The Hall–Kier alpha value is -2.46. The summed E-state index contributed by atoms with van der Waals surface area (Å²) < 4.78 is 68.7. The molecule has 0 rings (SSSR count). The van der Waals surface area contributed by atoms with E-state index in [0.29, 0.717) is 25.7 Å². The summed E-state index contributed by atoms with van der Waals surface area (Å²) in [6, 6.07) is 0. The fraction of sp³-hybridized carbons (Fsp3) is 0.902. The van der Waals surface area contributed by atoms with Crippen LogP contribution in [0.5, 0.6) is 0 Å². The van der Waals surface area contributed by atoms with Crippen LogP contribution in [-0.4, -0.2) is 96.7 Å². The maximum atomic E-state index is 13.1. The maximum absolute atomic E-state index is 13.1. The number of ether oxygens (including phenoxy) is 4. The van der Waals surface area contributed by atoms with Gasteiger partial charge in [-0.25, -0.2) is 9.13 Å². The predicted molar refractivity (Wildman–Crippen MR) is 414 cm³/mol. The van der Waals surface area contributed by atoms with E-state index >= 15 is 0 Å². The van der Waals surface area contributed by atoms with E-state index in [1.807, 2.05) is 0 Å². The summed E-state index contributed by atoms with van der Waals surface area (Å²) in [6.07, 6.45) is 68.7. The van der Waals surface area contributed by atoms with Gasteiger partial charge in [0.25, 0.3) is 0 Å². The van der Waals surface area contributed by atoms with E-state index in [2.05, 4.69) is 58.9 Å². The molecule has 0 saturated heterocycles. The molecule has 0 radical (unpaired) electrons. The minimum Gasteiger partial charge on any atom is -0.462 e. The third-order valence-electron chi connectivity index (χ3n) is 18.7. The predicted octanol–water partition coefficient (Wildman–Crippen LogP) is 24.4. The first kappa shape index (κ1) is 98.5. The molecule has 0 aromatic rings. The van der Waals surface area contributed by atoms with Crippen molar-refractivity contribution in [3.63, 3.8) is 0 Å². The highest BCUT2D eigenvalue weighted by Gasteiger charge is 2.30. The molecule has 0 bridgehead atoms. The molecular weight excluding hydrogens is 1320 g/mol. The van der Waals surface area contributed by atoms with Gasteiger partial charge < -0.3 is 33.8 Å². The van der Waals surface area contributed by atoms with Crippen molar-refractivity contribution in [1.29, 1.82) is 0 Å². The standard InChI is InChI=1S/C82H156O17P2/c1-6-9-12-15-18-21-24-26-28-29-30-31-33-37-43-48-53-58-63-68-82(87)99-78(72-93-80(85)66-61-56-51-46-41-38-34-35-40-44-49-54-59-64-75(4)5)74-97-101(90,91)95-70-76(83)69-94-100(88,89)96-73-77(71-92-79(84)65-60-55-50-45-39-23-20-17-14-11-8-3)98-81(86)67-62-57-52-47-42-36-32-27-25-22-19-16-13-10-7-2/h22,25,27,32,75-78,83H,6-21,23-24,26,28-31,33-74H2,1-5H3,(H,88,89)(H,90,91)/b25-22-,32-27-/t76-,77+,78+/m0/s1. The highest BCUT2D eigenvalue weighted by Crippen LogP contribution is 2.45. The van der Waals surface area contributed by atoms with Crippen molar-refractivity contribution in [3.05, 3.63) is 24.3 Å². The molecule has 5 atom stereocenters. The lowest BCUT2D eigenvalue weighted by Crippen LogP contribution is -2.30. The number of carbonyl (C=O) groups is 4. The second-order valence-electron chi connectivity index (χ2n) is 29.3. The van der Waals surface area contributed by atoms with Gasteiger partial charge in [-0.1, -0.05) is 361 Å². The number of rotatable bonds is 80. The molecule has 2 unspecified atom stereocenters. The molecule has 596 valence electrons. The van der Waals surface area contributed by atoms with Crippen molar-refractivity contribution in [3.8, 4) is 0 Å². The van der Waals surface area contributed by atoms with Crippen molar-refractivity contribution >= 4 is 39.5 Å². The largest absolute Gasteiger partial charge is 0.472 e. The van der Waals surface area contributed by atoms with E-state index in [9.17, 15) is 43.2 Å². The number of aliphatic hydroxyl groups is 1. The van der Waals surface area contributed by atoms with Gasteiger partial charge in [0.1, 0.15) is 19.3 Å². The zero-order chi connectivity index (χ0) is 74.1. The minimum absolute atomic E-state index is 0.0856. The van der Waals surface area contributed by atoms with Gasteiger partial charge in [0.2, 0.25) is 0 Å². The van der Waals surface area contributed by atoms with Gasteiger partial charge in [-0.2, -0.15) is 0 Å². The number of unbranched alkanes of at least 4 members (excludes halogenated alkanes) is 49. The first-order valence-corrected chi connectivity index (χ1v) is 44.9. The summed E-state index contributed by atoms with van der Waals surface area (Å²) >= 11 is 0. The molecule has 0 spiro atoms. The van der Waals surface area contributed by atoms with E-state index in [4.69, 9.17) is 37.0 Å². The quantitative estimate of drug-likeness (QED) is 0.0169. The fourth-order valence-corrected chi connectivity index (χ4v) is 13.8. The van der Waals surface area contributed by atoms with Crippen LogP contribution in [0.2, 0.25) is 0 Å². The third-order valence-corrected chi connectivity index (χ3v) is 20.6. The van der Waals surface area contributed by atoms with Gasteiger partial charge in [0, 0.05) is 25.7 Å². The highest BCUT2D eigenvalue weighted by molar-refractivity contribution is 7.47. The van der Waals surface area contributed by atoms with Crippen molar-refractivity contribution in [2.24, 2.45) is 5.92 Å². The summed E-state index contributed by atoms with van der Waals surface area (Å²) in [6.45, 7) is 7.29. The third kappa shape index (κ3) is 75.6. The average molecular weight is 1480 g/mol. The Bertz CT molecular complexity index is 2020. The van der Waals surface area contributed by atoms with Crippen LogP contribution >= 0.6 is 15.6 Å². The van der Waals surface area contributed by atoms with Crippen LogP contribution in [-0.2, 0) is 65.4 Å². The maximum Gasteiger partial charge on any atom is 0.472 e. The van der Waals surface area contributed by atoms with Crippen molar-refractivity contribution in [2.45, 2.75) is 432 Å². The monoisotopic (exact) mass is 1480 g/mol. The van der Waals surface area contributed by atoms with Gasteiger partial charge in [0.05, 0.1) is 26.4 Å². The van der Waals surface area contributed by atoms with Gasteiger partial charge in [-0.05, 0) is 57.3 Å². The number of hydrogen-bond acceptors (Lipinski definition) is 15. The summed E-state index contributed by atoms with van der Waals surface area (Å²) in [5, 5.41) is 10.6. The van der Waals surface area contributed by atoms with Crippen LogP contribution < -0.4 is 0 Å². The number of hydrogen-bond donors (Lipinski definition) is 3. The van der Waals surface area contributed by atoms with E-state index < -0.39 is 97.5 Å². The SMILES string of the molecule is CCCCCC/C=C\C=C/CCCCCCCC(=O)O[C@H](COC(=O)CCCCCCCCCCCCC)COP(=O)(O)OC[C@H](O)COP(=O)(O)OC[C@@H](COC(=O)CCCCCCCCCCCCCCCC(C)C)OC(=O)CCCCCCCCCCCCCCCCCCCCC. The molecular formula is C82H156O17P2. The number of aliphatic hydroxyl groups excluding tert-OH is 1. The van der Waals surface area contributed by atoms with Crippen molar-refractivity contribution in [1.82, 2.24) is 0 Å². The molecule has 3 N–H and O–H groups in total. The summed E-state index contributed by atoms with van der Waals surface area (Å²) in [4.78, 5) is 73.0. The minimum atomic E-state index is -4.97. The lowest BCUT2D eigenvalue weighted by Gasteiger charge is -2.21. The number of allylic oxidation sites excluding steroid dienone is 4. The Balaban J connectivity index is 5.28. The van der Waals surface area contributed by atoms with Gasteiger partial charge in [0.15, 0.2) is 12.2 Å². The molecule has 0 aliphatic rings. The van der Waals surface area contributed by atoms with Crippen LogP contribution in [0.15, 0.2) is 24.3 Å². The second kappa shape index (κ2) is 74.4. The Kier molecular flexibility index (Phi) is 72.6. The van der Waals surface area contributed by atoms with Crippen molar-refractivity contribution in [2.75, 3.05) is 39.6 Å². The van der Waals surface area contributed by atoms with Crippen LogP contribution in [0.4, 0.5) is 0 Å². The molecule has 0 fully saturated rings. The lowest BCUT2D eigenvalue weighted by molar-refractivity contribution is -0.161. The molecule has 0 heterocycles. The summed E-state index contributed by atoms with van der Waals surface area (Å²) in [5.74, 6) is -1.35.